The highest BCUT2D eigenvalue weighted by atomic mass is 79.9. The normalized spacial score (nSPS) is 12.2. The molecule has 1 unspecified atom stereocenters. The highest BCUT2D eigenvalue weighted by Gasteiger charge is 2.02. The van der Waals surface area contributed by atoms with Crippen molar-refractivity contribution in [2.45, 2.75) is 19.8 Å². The maximum absolute atomic E-state index is 5.34. The fourth-order valence-electron chi connectivity index (χ4n) is 1.11. The minimum Gasteiger partial charge on any atom is -0.119 e. The summed E-state index contributed by atoms with van der Waals surface area (Å²) in [6.45, 7) is 4.10. The minimum absolute atomic E-state index is 0.196. The third kappa shape index (κ3) is 2.12. The third-order valence-corrected chi connectivity index (χ3v) is 2.27. The van der Waals surface area contributed by atoms with Crippen LogP contribution >= 0.6 is 15.9 Å². The molecule has 0 aromatic heterocycles. The summed E-state index contributed by atoms with van der Waals surface area (Å²) in [5.41, 5.74) is 2.44. The number of rotatable bonds is 1. The van der Waals surface area contributed by atoms with Crippen molar-refractivity contribution >= 4 is 15.9 Å². The molecule has 62 valence electrons. The van der Waals surface area contributed by atoms with E-state index in [1.165, 1.54) is 11.1 Å². The van der Waals surface area contributed by atoms with Gasteiger partial charge in [0.2, 0.25) is 0 Å². The van der Waals surface area contributed by atoms with Crippen molar-refractivity contribution in [3.05, 3.63) is 33.8 Å². The van der Waals surface area contributed by atoms with E-state index in [1.807, 2.05) is 6.92 Å². The first kappa shape index (κ1) is 9.35. The molecule has 1 atom stereocenters. The monoisotopic (exact) mass is 222 g/mol. The Kier molecular flexibility index (Phi) is 2.94. The number of benzene rings is 1. The largest absolute Gasteiger partial charge is 0.119 e. The van der Waals surface area contributed by atoms with Crippen molar-refractivity contribution in [1.82, 2.24) is 0 Å². The summed E-state index contributed by atoms with van der Waals surface area (Å²) >= 11 is 3.44. The van der Waals surface area contributed by atoms with Crippen LogP contribution in [0.25, 0.3) is 0 Å². The molecule has 12 heavy (non-hydrogen) atoms. The van der Waals surface area contributed by atoms with Crippen LogP contribution < -0.4 is 0 Å². The summed E-state index contributed by atoms with van der Waals surface area (Å²) in [5, 5.41) is 0. The molecule has 0 bridgehead atoms. The zero-order valence-electron chi connectivity index (χ0n) is 7.26. The van der Waals surface area contributed by atoms with Gasteiger partial charge >= 0.3 is 0 Å². The minimum atomic E-state index is 0.196. The van der Waals surface area contributed by atoms with E-state index in [0.717, 1.165) is 4.47 Å². The fourth-order valence-corrected chi connectivity index (χ4v) is 1.74. The summed E-state index contributed by atoms with van der Waals surface area (Å²) in [6.07, 6.45) is 5.34. The van der Waals surface area contributed by atoms with E-state index in [-0.39, 0.29) is 5.92 Å². The second-order valence-electron chi connectivity index (χ2n) is 2.95. The Morgan fingerprint density at radius 2 is 2.08 bits per heavy atom. The van der Waals surface area contributed by atoms with E-state index in [4.69, 9.17) is 6.42 Å². The molecule has 0 heterocycles. The smallest absolute Gasteiger partial charge is 0.0421 e. The van der Waals surface area contributed by atoms with Crippen molar-refractivity contribution in [2.24, 2.45) is 0 Å². The highest BCUT2D eigenvalue weighted by Crippen LogP contribution is 2.21. The molecule has 0 fully saturated rings. The Hall–Kier alpha value is -0.740. The molecule has 0 saturated carbocycles. The number of terminal acetylenes is 1. The Bertz CT molecular complexity index is 300. The predicted molar refractivity (Wildman–Crippen MR) is 56.1 cm³/mol. The Morgan fingerprint density at radius 3 is 2.58 bits per heavy atom. The average molecular weight is 223 g/mol. The molecule has 0 N–H and O–H groups in total. The van der Waals surface area contributed by atoms with Gasteiger partial charge in [-0.05, 0) is 37.1 Å². The van der Waals surface area contributed by atoms with E-state index in [1.54, 1.807) is 0 Å². The zero-order valence-corrected chi connectivity index (χ0v) is 8.85. The van der Waals surface area contributed by atoms with Crippen LogP contribution in [0, 0.1) is 19.3 Å². The van der Waals surface area contributed by atoms with Crippen molar-refractivity contribution in [3.63, 3.8) is 0 Å². The molecule has 0 aliphatic carbocycles. The molecular formula is C11H11Br. The Balaban J connectivity index is 3.10. The first-order chi connectivity index (χ1) is 5.63. The van der Waals surface area contributed by atoms with Crippen molar-refractivity contribution < 1.29 is 0 Å². The zero-order chi connectivity index (χ0) is 9.14. The molecule has 1 heteroatoms. The highest BCUT2D eigenvalue weighted by molar-refractivity contribution is 9.10. The van der Waals surface area contributed by atoms with Crippen molar-refractivity contribution in [2.75, 3.05) is 0 Å². The topological polar surface area (TPSA) is 0 Å². The van der Waals surface area contributed by atoms with Gasteiger partial charge in [-0.1, -0.05) is 27.9 Å². The van der Waals surface area contributed by atoms with E-state index < -0.39 is 0 Å². The second kappa shape index (κ2) is 3.78. The molecule has 0 nitrogen and oxygen atoms in total. The number of aryl methyl sites for hydroxylation is 1. The predicted octanol–water partition coefficient (Wildman–Crippen LogP) is 3.49. The SMILES string of the molecule is C#CC(C)c1cc(C)cc(Br)c1. The van der Waals surface area contributed by atoms with Gasteiger partial charge in [0.05, 0.1) is 0 Å². The summed E-state index contributed by atoms with van der Waals surface area (Å²) in [5.74, 6) is 2.91. The lowest BCUT2D eigenvalue weighted by Crippen LogP contribution is -1.90. The second-order valence-corrected chi connectivity index (χ2v) is 3.87. The van der Waals surface area contributed by atoms with Crippen molar-refractivity contribution in [1.29, 1.82) is 0 Å². The van der Waals surface area contributed by atoms with Gasteiger partial charge in [-0.3, -0.25) is 0 Å². The first-order valence-electron chi connectivity index (χ1n) is 3.86. The number of hydrogen-bond acceptors (Lipinski definition) is 0. The van der Waals surface area contributed by atoms with Gasteiger partial charge in [0.25, 0.3) is 0 Å². The summed E-state index contributed by atoms with van der Waals surface area (Å²) in [7, 11) is 0. The van der Waals surface area contributed by atoms with Crippen LogP contribution in [0.5, 0.6) is 0 Å². The molecule has 1 rings (SSSR count). The Morgan fingerprint density at radius 1 is 1.42 bits per heavy atom. The average Bonchev–Trinajstić information content (AvgIpc) is 2.01. The number of hydrogen-bond donors (Lipinski definition) is 0. The quantitative estimate of drug-likeness (QED) is 0.639. The van der Waals surface area contributed by atoms with Crippen LogP contribution in [0.3, 0.4) is 0 Å². The van der Waals surface area contributed by atoms with Crippen LogP contribution in [0.15, 0.2) is 22.7 Å². The van der Waals surface area contributed by atoms with Crippen LogP contribution in [0.4, 0.5) is 0 Å². The van der Waals surface area contributed by atoms with E-state index >= 15 is 0 Å². The standard InChI is InChI=1S/C11H11Br/c1-4-9(3)10-5-8(2)6-11(12)7-10/h1,5-7,9H,2-3H3. The lowest BCUT2D eigenvalue weighted by atomic mass is 10.0. The van der Waals surface area contributed by atoms with Crippen LogP contribution in [0.1, 0.15) is 24.0 Å². The van der Waals surface area contributed by atoms with Gasteiger partial charge in [-0.25, -0.2) is 0 Å². The maximum Gasteiger partial charge on any atom is 0.0421 e. The Labute approximate surface area is 82.1 Å². The van der Waals surface area contributed by atoms with E-state index in [2.05, 4.69) is 47.0 Å². The van der Waals surface area contributed by atoms with Gasteiger partial charge in [0.15, 0.2) is 0 Å². The first-order valence-corrected chi connectivity index (χ1v) is 4.66. The van der Waals surface area contributed by atoms with Gasteiger partial charge in [-0.15, -0.1) is 6.42 Å². The summed E-state index contributed by atoms with van der Waals surface area (Å²) < 4.78 is 1.10. The molecule has 0 amide bonds. The van der Waals surface area contributed by atoms with Gasteiger partial charge in [-0.2, -0.15) is 0 Å². The lowest BCUT2D eigenvalue weighted by molar-refractivity contribution is 1.00. The third-order valence-electron chi connectivity index (χ3n) is 1.81. The summed E-state index contributed by atoms with van der Waals surface area (Å²) in [6, 6.07) is 6.26. The molecule has 0 aliphatic rings. The van der Waals surface area contributed by atoms with E-state index in [0.29, 0.717) is 0 Å². The van der Waals surface area contributed by atoms with Gasteiger partial charge in [0, 0.05) is 10.4 Å². The molecule has 0 saturated heterocycles. The molecule has 0 spiro atoms. The maximum atomic E-state index is 5.34. The lowest BCUT2D eigenvalue weighted by Gasteiger charge is -2.06. The molecule has 1 aromatic rings. The van der Waals surface area contributed by atoms with Crippen LogP contribution in [-0.4, -0.2) is 0 Å². The van der Waals surface area contributed by atoms with Crippen LogP contribution in [-0.2, 0) is 0 Å². The molecule has 1 aromatic carbocycles. The summed E-state index contributed by atoms with van der Waals surface area (Å²) in [4.78, 5) is 0. The van der Waals surface area contributed by atoms with E-state index in [9.17, 15) is 0 Å². The number of halogens is 1. The molecule has 0 radical (unpaired) electrons. The van der Waals surface area contributed by atoms with Crippen molar-refractivity contribution in [3.8, 4) is 12.3 Å². The van der Waals surface area contributed by atoms with Gasteiger partial charge in [0.1, 0.15) is 0 Å². The molecular weight excluding hydrogens is 212 g/mol. The molecule has 0 aliphatic heterocycles. The fraction of sp³-hybridized carbons (Fsp3) is 0.273. The van der Waals surface area contributed by atoms with Gasteiger partial charge < -0.3 is 0 Å². The van der Waals surface area contributed by atoms with Crippen LogP contribution in [0.2, 0.25) is 0 Å².